The van der Waals surface area contributed by atoms with E-state index in [1.54, 1.807) is 6.08 Å². The molecular weight excluding hydrogens is 104 g/mol. The molecule has 0 aromatic rings. The monoisotopic (exact) mass is 114 g/mol. The van der Waals surface area contributed by atoms with Gasteiger partial charge in [-0.3, -0.25) is 0 Å². The fourth-order valence-electron chi connectivity index (χ4n) is 0.574. The van der Waals surface area contributed by atoms with Crippen LogP contribution in [0, 0.1) is 0 Å². The van der Waals surface area contributed by atoms with E-state index in [4.69, 9.17) is 9.84 Å². The Bertz CT molecular complexity index is 94.7. The van der Waals surface area contributed by atoms with Gasteiger partial charge in [-0.15, -0.1) is 0 Å². The summed E-state index contributed by atoms with van der Waals surface area (Å²) >= 11 is 0. The molecule has 8 heavy (non-hydrogen) atoms. The van der Waals surface area contributed by atoms with Crippen molar-refractivity contribution in [1.82, 2.24) is 0 Å². The molecule has 0 saturated carbocycles. The molecule has 1 heterocycles. The van der Waals surface area contributed by atoms with Gasteiger partial charge in [0, 0.05) is 0 Å². The lowest BCUT2D eigenvalue weighted by Gasteiger charge is -1.95. The standard InChI is InChI=1S/C6H10O2/c1-2-3-5(7)6-4-8-6/h2-3,5-7H,4H2,1H3/b3-2+/t5-,6+/m0/s1. The Kier molecular flexibility index (Phi) is 1.65. The smallest absolute Gasteiger partial charge is 0.110 e. The second kappa shape index (κ2) is 2.29. The van der Waals surface area contributed by atoms with E-state index < -0.39 is 0 Å². The first-order valence-corrected chi connectivity index (χ1v) is 2.77. The highest BCUT2D eigenvalue weighted by atomic mass is 16.6. The van der Waals surface area contributed by atoms with E-state index in [2.05, 4.69) is 0 Å². The van der Waals surface area contributed by atoms with Gasteiger partial charge < -0.3 is 9.84 Å². The molecule has 0 spiro atoms. The summed E-state index contributed by atoms with van der Waals surface area (Å²) in [7, 11) is 0. The Morgan fingerprint density at radius 2 is 2.50 bits per heavy atom. The van der Waals surface area contributed by atoms with Gasteiger partial charge in [0.2, 0.25) is 0 Å². The zero-order valence-electron chi connectivity index (χ0n) is 4.87. The van der Waals surface area contributed by atoms with Crippen LogP contribution in [0.15, 0.2) is 12.2 Å². The predicted molar refractivity (Wildman–Crippen MR) is 30.6 cm³/mol. The quantitative estimate of drug-likeness (QED) is 0.414. The van der Waals surface area contributed by atoms with Gasteiger partial charge >= 0.3 is 0 Å². The van der Waals surface area contributed by atoms with E-state index in [0.29, 0.717) is 6.61 Å². The molecule has 1 saturated heterocycles. The average Bonchev–Trinajstić information content (AvgIpc) is 2.45. The summed E-state index contributed by atoms with van der Waals surface area (Å²) in [4.78, 5) is 0. The minimum atomic E-state index is -0.375. The van der Waals surface area contributed by atoms with Crippen LogP contribution in [-0.4, -0.2) is 23.9 Å². The number of allylic oxidation sites excluding steroid dienone is 1. The van der Waals surface area contributed by atoms with E-state index in [1.165, 1.54) is 0 Å². The van der Waals surface area contributed by atoms with Crippen molar-refractivity contribution >= 4 is 0 Å². The van der Waals surface area contributed by atoms with Crippen LogP contribution >= 0.6 is 0 Å². The van der Waals surface area contributed by atoms with E-state index in [-0.39, 0.29) is 12.2 Å². The molecule has 0 aromatic heterocycles. The summed E-state index contributed by atoms with van der Waals surface area (Å²) in [6, 6.07) is 0. The first-order valence-electron chi connectivity index (χ1n) is 2.77. The Labute approximate surface area is 48.8 Å². The molecule has 2 heteroatoms. The number of epoxide rings is 1. The summed E-state index contributed by atoms with van der Waals surface area (Å²) in [6.07, 6.45) is 3.27. The van der Waals surface area contributed by atoms with Crippen molar-refractivity contribution in [2.75, 3.05) is 6.61 Å². The van der Waals surface area contributed by atoms with Crippen LogP contribution in [0.3, 0.4) is 0 Å². The maximum Gasteiger partial charge on any atom is 0.110 e. The van der Waals surface area contributed by atoms with Crippen molar-refractivity contribution in [2.45, 2.75) is 19.1 Å². The third-order valence-corrected chi connectivity index (χ3v) is 1.13. The van der Waals surface area contributed by atoms with Crippen molar-refractivity contribution in [3.05, 3.63) is 12.2 Å². The number of aliphatic hydroxyl groups is 1. The molecule has 0 aliphatic carbocycles. The molecule has 0 aromatic carbocycles. The van der Waals surface area contributed by atoms with Crippen LogP contribution in [0.4, 0.5) is 0 Å². The number of hydrogen-bond donors (Lipinski definition) is 1. The van der Waals surface area contributed by atoms with Gasteiger partial charge in [0.15, 0.2) is 0 Å². The van der Waals surface area contributed by atoms with Gasteiger partial charge in [0.1, 0.15) is 12.2 Å². The lowest BCUT2D eigenvalue weighted by atomic mass is 10.2. The molecule has 2 nitrogen and oxygen atoms in total. The lowest BCUT2D eigenvalue weighted by Crippen LogP contribution is -2.09. The topological polar surface area (TPSA) is 32.8 Å². The van der Waals surface area contributed by atoms with Crippen LogP contribution in [0.2, 0.25) is 0 Å². The van der Waals surface area contributed by atoms with Crippen LogP contribution in [0.1, 0.15) is 6.92 Å². The largest absolute Gasteiger partial charge is 0.386 e. The summed E-state index contributed by atoms with van der Waals surface area (Å²) < 4.78 is 4.82. The minimum absolute atomic E-state index is 0.0891. The summed E-state index contributed by atoms with van der Waals surface area (Å²) in [5, 5.41) is 8.98. The summed E-state index contributed by atoms with van der Waals surface area (Å²) in [6.45, 7) is 2.59. The molecule has 1 aliphatic heterocycles. The number of rotatable bonds is 2. The van der Waals surface area contributed by atoms with E-state index >= 15 is 0 Å². The molecule has 0 bridgehead atoms. The zero-order chi connectivity index (χ0) is 5.98. The number of ether oxygens (including phenoxy) is 1. The maximum absolute atomic E-state index is 8.98. The van der Waals surface area contributed by atoms with Crippen LogP contribution in [-0.2, 0) is 4.74 Å². The molecule has 1 N–H and O–H groups in total. The second-order valence-corrected chi connectivity index (χ2v) is 1.89. The minimum Gasteiger partial charge on any atom is -0.386 e. The van der Waals surface area contributed by atoms with Gasteiger partial charge in [-0.05, 0) is 6.92 Å². The van der Waals surface area contributed by atoms with Crippen molar-refractivity contribution < 1.29 is 9.84 Å². The van der Waals surface area contributed by atoms with Crippen molar-refractivity contribution in [2.24, 2.45) is 0 Å². The predicted octanol–water partition coefficient (Wildman–Crippen LogP) is 0.322. The summed E-state index contributed by atoms with van der Waals surface area (Å²) in [5.41, 5.74) is 0. The van der Waals surface area contributed by atoms with Crippen LogP contribution < -0.4 is 0 Å². The molecule has 1 aliphatic rings. The van der Waals surface area contributed by atoms with Gasteiger partial charge in [-0.1, -0.05) is 12.2 Å². The first kappa shape index (κ1) is 5.79. The van der Waals surface area contributed by atoms with Gasteiger partial charge in [0.25, 0.3) is 0 Å². The van der Waals surface area contributed by atoms with Crippen LogP contribution in [0.25, 0.3) is 0 Å². The molecule has 46 valence electrons. The average molecular weight is 114 g/mol. The van der Waals surface area contributed by atoms with Crippen molar-refractivity contribution in [1.29, 1.82) is 0 Å². The maximum atomic E-state index is 8.98. The molecule has 0 unspecified atom stereocenters. The number of aliphatic hydroxyl groups excluding tert-OH is 1. The van der Waals surface area contributed by atoms with Crippen molar-refractivity contribution in [3.8, 4) is 0 Å². The molecular formula is C6H10O2. The summed E-state index contributed by atoms with van der Waals surface area (Å²) in [5.74, 6) is 0. The van der Waals surface area contributed by atoms with E-state index in [1.807, 2.05) is 13.0 Å². The highest BCUT2D eigenvalue weighted by molar-refractivity contribution is 4.94. The Hall–Kier alpha value is -0.340. The molecule has 0 amide bonds. The second-order valence-electron chi connectivity index (χ2n) is 1.89. The Balaban J connectivity index is 2.22. The molecule has 0 radical (unpaired) electrons. The Morgan fingerprint density at radius 1 is 1.88 bits per heavy atom. The zero-order valence-corrected chi connectivity index (χ0v) is 4.87. The first-order chi connectivity index (χ1) is 3.84. The lowest BCUT2D eigenvalue weighted by molar-refractivity contribution is 0.178. The van der Waals surface area contributed by atoms with Crippen molar-refractivity contribution in [3.63, 3.8) is 0 Å². The molecule has 1 fully saturated rings. The fourth-order valence-corrected chi connectivity index (χ4v) is 0.574. The van der Waals surface area contributed by atoms with Crippen LogP contribution in [0.5, 0.6) is 0 Å². The number of hydrogen-bond acceptors (Lipinski definition) is 2. The van der Waals surface area contributed by atoms with E-state index in [0.717, 1.165) is 0 Å². The molecule has 2 atom stereocenters. The van der Waals surface area contributed by atoms with E-state index in [9.17, 15) is 0 Å². The Morgan fingerprint density at radius 3 is 2.88 bits per heavy atom. The normalized spacial score (nSPS) is 31.0. The van der Waals surface area contributed by atoms with Gasteiger partial charge in [-0.2, -0.15) is 0 Å². The SMILES string of the molecule is C/C=C/[C@H](O)[C@H]1CO1. The van der Waals surface area contributed by atoms with Gasteiger partial charge in [0.05, 0.1) is 6.61 Å². The third-order valence-electron chi connectivity index (χ3n) is 1.13. The highest BCUT2D eigenvalue weighted by Gasteiger charge is 2.28. The van der Waals surface area contributed by atoms with Gasteiger partial charge in [-0.25, -0.2) is 0 Å². The molecule has 1 rings (SSSR count). The fraction of sp³-hybridized carbons (Fsp3) is 0.667. The highest BCUT2D eigenvalue weighted by Crippen LogP contribution is 2.14. The third kappa shape index (κ3) is 1.32.